The first-order chi connectivity index (χ1) is 9.75. The van der Waals surface area contributed by atoms with Gasteiger partial charge in [-0.1, -0.05) is 24.4 Å². The number of halogens is 1. The third-order valence-electron chi connectivity index (χ3n) is 3.95. The van der Waals surface area contributed by atoms with Crippen LogP contribution >= 0.6 is 12.2 Å². The molecule has 1 aliphatic rings. The molecule has 7 heteroatoms. The minimum Gasteiger partial charge on any atom is -0.393 e. The SMILES string of the molecule is CCOC[C@@]1(C(N)=S)[C@H](S(C)(=O)=O)[C@@H]1c1ccc(F)cc1. The Morgan fingerprint density at radius 1 is 1.43 bits per heavy atom. The lowest BCUT2D eigenvalue weighted by atomic mass is 10.00. The number of hydrogen-bond donors (Lipinski definition) is 1. The standard InChI is InChI=1S/C14H18FNO3S2/c1-3-19-8-14(13(16)20)11(12(14)21(2,17)18)9-4-6-10(15)7-5-9/h4-7,11-12H,3,8H2,1-2H3,(H2,16,20)/t11-,12+,14-/m0/s1. The minimum absolute atomic E-state index is 0.126. The Kier molecular flexibility index (Phi) is 4.37. The maximum absolute atomic E-state index is 13.1. The maximum atomic E-state index is 13.1. The molecule has 0 aliphatic heterocycles. The molecule has 0 amide bonds. The summed E-state index contributed by atoms with van der Waals surface area (Å²) in [6.07, 6.45) is 1.17. The Labute approximate surface area is 129 Å². The van der Waals surface area contributed by atoms with E-state index < -0.39 is 26.4 Å². The van der Waals surface area contributed by atoms with Gasteiger partial charge in [-0.15, -0.1) is 0 Å². The highest BCUT2D eigenvalue weighted by Gasteiger charge is 2.71. The fourth-order valence-corrected chi connectivity index (χ4v) is 5.29. The van der Waals surface area contributed by atoms with Crippen molar-refractivity contribution in [3.8, 4) is 0 Å². The first-order valence-electron chi connectivity index (χ1n) is 6.57. The van der Waals surface area contributed by atoms with Crippen LogP contribution in [0.2, 0.25) is 0 Å². The molecular weight excluding hydrogens is 313 g/mol. The Bertz CT molecular complexity index is 645. The molecule has 0 heterocycles. The highest BCUT2D eigenvalue weighted by atomic mass is 32.2. The van der Waals surface area contributed by atoms with Crippen LogP contribution < -0.4 is 5.73 Å². The van der Waals surface area contributed by atoms with Crippen LogP contribution in [0.3, 0.4) is 0 Å². The second-order valence-corrected chi connectivity index (χ2v) is 7.93. The molecule has 1 saturated carbocycles. The van der Waals surface area contributed by atoms with Crippen LogP contribution in [0, 0.1) is 11.2 Å². The minimum atomic E-state index is -3.36. The molecule has 2 N–H and O–H groups in total. The molecule has 3 atom stereocenters. The van der Waals surface area contributed by atoms with E-state index in [2.05, 4.69) is 0 Å². The van der Waals surface area contributed by atoms with Crippen LogP contribution in [0.15, 0.2) is 24.3 Å². The zero-order valence-corrected chi connectivity index (χ0v) is 13.5. The summed E-state index contributed by atoms with van der Waals surface area (Å²) in [5, 5.41) is -0.723. The van der Waals surface area contributed by atoms with Crippen LogP contribution in [0.1, 0.15) is 18.4 Å². The number of thiocarbonyl (C=S) groups is 1. The van der Waals surface area contributed by atoms with Crippen molar-refractivity contribution in [3.63, 3.8) is 0 Å². The zero-order chi connectivity index (χ0) is 15.8. The number of nitrogens with two attached hydrogens (primary N) is 1. The van der Waals surface area contributed by atoms with Crippen LogP contribution in [0.5, 0.6) is 0 Å². The van der Waals surface area contributed by atoms with Crippen molar-refractivity contribution >= 4 is 27.0 Å². The number of hydrogen-bond acceptors (Lipinski definition) is 4. The lowest BCUT2D eigenvalue weighted by Gasteiger charge is -2.16. The van der Waals surface area contributed by atoms with Gasteiger partial charge in [0.2, 0.25) is 0 Å². The van der Waals surface area contributed by atoms with Gasteiger partial charge >= 0.3 is 0 Å². The van der Waals surface area contributed by atoms with E-state index in [9.17, 15) is 12.8 Å². The molecule has 0 radical (unpaired) electrons. The second-order valence-electron chi connectivity index (χ2n) is 5.32. The van der Waals surface area contributed by atoms with E-state index in [1.807, 2.05) is 6.92 Å². The molecule has 1 aromatic carbocycles. The predicted octanol–water partition coefficient (Wildman–Crippen LogP) is 1.65. The highest BCUT2D eigenvalue weighted by Crippen LogP contribution is 2.63. The summed E-state index contributed by atoms with van der Waals surface area (Å²) < 4.78 is 42.6. The average Bonchev–Trinajstić information content (AvgIpc) is 3.08. The van der Waals surface area contributed by atoms with Crippen molar-refractivity contribution in [1.29, 1.82) is 0 Å². The summed E-state index contributed by atoms with van der Waals surface area (Å²) >= 11 is 5.12. The lowest BCUT2D eigenvalue weighted by Crippen LogP contribution is -2.33. The largest absolute Gasteiger partial charge is 0.393 e. The van der Waals surface area contributed by atoms with Gasteiger partial charge in [0.15, 0.2) is 9.84 Å². The summed E-state index contributed by atoms with van der Waals surface area (Å²) in [6, 6.07) is 5.75. The molecule has 1 aliphatic carbocycles. The maximum Gasteiger partial charge on any atom is 0.152 e. The fourth-order valence-electron chi connectivity index (χ4n) is 2.98. The topological polar surface area (TPSA) is 69.4 Å². The van der Waals surface area contributed by atoms with E-state index in [-0.39, 0.29) is 17.4 Å². The monoisotopic (exact) mass is 331 g/mol. The van der Waals surface area contributed by atoms with Gasteiger partial charge in [-0.05, 0) is 24.6 Å². The van der Waals surface area contributed by atoms with Crippen molar-refractivity contribution in [3.05, 3.63) is 35.6 Å². The van der Waals surface area contributed by atoms with Gasteiger partial charge in [0.25, 0.3) is 0 Å². The molecule has 1 aromatic rings. The lowest BCUT2D eigenvalue weighted by molar-refractivity contribution is 0.121. The molecule has 0 unspecified atom stereocenters. The van der Waals surface area contributed by atoms with Crippen LogP contribution in [0.4, 0.5) is 4.39 Å². The number of benzene rings is 1. The van der Waals surface area contributed by atoms with E-state index >= 15 is 0 Å². The van der Waals surface area contributed by atoms with Crippen molar-refractivity contribution in [2.24, 2.45) is 11.1 Å². The smallest absolute Gasteiger partial charge is 0.152 e. The quantitative estimate of drug-likeness (QED) is 0.803. The third kappa shape index (κ3) is 2.82. The van der Waals surface area contributed by atoms with Gasteiger partial charge < -0.3 is 10.5 Å². The Morgan fingerprint density at radius 3 is 2.43 bits per heavy atom. The molecule has 1 fully saturated rings. The molecule has 116 valence electrons. The molecular formula is C14H18FNO3S2. The van der Waals surface area contributed by atoms with Gasteiger partial charge in [0, 0.05) is 18.8 Å². The molecule has 4 nitrogen and oxygen atoms in total. The number of rotatable bonds is 6. The fraction of sp³-hybridized carbons (Fsp3) is 0.500. The van der Waals surface area contributed by atoms with Gasteiger partial charge in [-0.2, -0.15) is 0 Å². The Balaban J connectivity index is 2.46. The summed E-state index contributed by atoms with van der Waals surface area (Å²) in [7, 11) is -3.36. The molecule has 0 bridgehead atoms. The van der Waals surface area contributed by atoms with E-state index in [0.29, 0.717) is 12.2 Å². The molecule has 0 spiro atoms. The zero-order valence-electron chi connectivity index (χ0n) is 11.9. The van der Waals surface area contributed by atoms with Gasteiger partial charge in [0.1, 0.15) is 5.82 Å². The molecule has 0 saturated heterocycles. The van der Waals surface area contributed by atoms with Crippen molar-refractivity contribution in [2.45, 2.75) is 18.1 Å². The van der Waals surface area contributed by atoms with E-state index in [1.54, 1.807) is 12.1 Å². The first-order valence-corrected chi connectivity index (χ1v) is 8.93. The van der Waals surface area contributed by atoms with E-state index in [4.69, 9.17) is 22.7 Å². The normalized spacial score (nSPS) is 28.3. The molecule has 21 heavy (non-hydrogen) atoms. The first kappa shape index (κ1) is 16.3. The third-order valence-corrected chi connectivity index (χ3v) is 5.95. The van der Waals surface area contributed by atoms with Gasteiger partial charge in [0.05, 0.1) is 22.3 Å². The van der Waals surface area contributed by atoms with Crippen molar-refractivity contribution < 1.29 is 17.5 Å². The van der Waals surface area contributed by atoms with Crippen LogP contribution in [-0.4, -0.2) is 38.1 Å². The van der Waals surface area contributed by atoms with Gasteiger partial charge in [-0.3, -0.25) is 0 Å². The highest BCUT2D eigenvalue weighted by molar-refractivity contribution is 7.92. The molecule has 2 rings (SSSR count). The van der Waals surface area contributed by atoms with Crippen molar-refractivity contribution in [1.82, 2.24) is 0 Å². The number of ether oxygens (including phenoxy) is 1. The van der Waals surface area contributed by atoms with Crippen LogP contribution in [0.25, 0.3) is 0 Å². The van der Waals surface area contributed by atoms with E-state index in [0.717, 1.165) is 0 Å². The number of sulfone groups is 1. The summed E-state index contributed by atoms with van der Waals surface area (Å²) in [6.45, 7) is 2.41. The van der Waals surface area contributed by atoms with Gasteiger partial charge in [-0.25, -0.2) is 12.8 Å². The predicted molar refractivity (Wildman–Crippen MR) is 83.5 cm³/mol. The van der Waals surface area contributed by atoms with Crippen molar-refractivity contribution in [2.75, 3.05) is 19.5 Å². The Hall–Kier alpha value is -1.05. The molecule has 0 aromatic heterocycles. The average molecular weight is 331 g/mol. The summed E-state index contributed by atoms with van der Waals surface area (Å²) in [5.74, 6) is -0.766. The van der Waals surface area contributed by atoms with E-state index in [1.165, 1.54) is 18.4 Å². The van der Waals surface area contributed by atoms with Crippen LogP contribution in [-0.2, 0) is 14.6 Å². The summed E-state index contributed by atoms with van der Waals surface area (Å²) in [5.41, 5.74) is 5.63. The summed E-state index contributed by atoms with van der Waals surface area (Å²) in [4.78, 5) is 0.126. The Morgan fingerprint density at radius 2 is 2.00 bits per heavy atom. The second kappa shape index (κ2) is 5.62.